The summed E-state index contributed by atoms with van der Waals surface area (Å²) >= 11 is 5.90. The molecule has 3 rings (SSSR count). The SMILES string of the molecule is Cc1cc(=O)c2c(o1)C(c1ccc(Cl)cc1)C(C(N)=O)=C(N)O2. The summed E-state index contributed by atoms with van der Waals surface area (Å²) < 4.78 is 10.9. The fraction of sp³-hybridized carbons (Fsp3) is 0.125. The predicted molar refractivity (Wildman–Crippen MR) is 84.0 cm³/mol. The number of aryl methyl sites for hydroxylation is 1. The number of fused-ring (bicyclic) bond motifs is 1. The molecule has 4 N–H and O–H groups in total. The second-order valence-corrected chi connectivity index (χ2v) is 5.58. The number of amides is 1. The Balaban J connectivity index is 2.31. The first kappa shape index (κ1) is 15.2. The van der Waals surface area contributed by atoms with Crippen LogP contribution in [0, 0.1) is 6.92 Å². The Kier molecular flexibility index (Phi) is 3.61. The molecule has 7 heteroatoms. The van der Waals surface area contributed by atoms with Crippen molar-refractivity contribution in [3.63, 3.8) is 0 Å². The average Bonchev–Trinajstić information content (AvgIpc) is 2.47. The fourth-order valence-electron chi connectivity index (χ4n) is 2.59. The van der Waals surface area contributed by atoms with Gasteiger partial charge in [-0.3, -0.25) is 9.59 Å². The zero-order valence-corrected chi connectivity index (χ0v) is 12.9. The Labute approximate surface area is 136 Å². The number of rotatable bonds is 2. The van der Waals surface area contributed by atoms with Gasteiger partial charge in [-0.1, -0.05) is 23.7 Å². The van der Waals surface area contributed by atoms with Gasteiger partial charge in [-0.05, 0) is 24.6 Å². The van der Waals surface area contributed by atoms with Gasteiger partial charge in [-0.2, -0.15) is 0 Å². The maximum Gasteiger partial charge on any atom is 0.251 e. The highest BCUT2D eigenvalue weighted by Gasteiger charge is 2.37. The van der Waals surface area contributed by atoms with Crippen LogP contribution in [0.4, 0.5) is 0 Å². The van der Waals surface area contributed by atoms with E-state index in [1.165, 1.54) is 6.07 Å². The minimum atomic E-state index is -0.753. The van der Waals surface area contributed by atoms with Gasteiger partial charge in [0, 0.05) is 11.1 Å². The molecule has 1 unspecified atom stereocenters. The topological polar surface area (TPSA) is 109 Å². The molecule has 23 heavy (non-hydrogen) atoms. The number of carbonyl (C=O) groups excluding carboxylic acids is 1. The quantitative estimate of drug-likeness (QED) is 0.871. The Bertz CT molecular complexity index is 884. The smallest absolute Gasteiger partial charge is 0.251 e. The number of benzene rings is 1. The fourth-order valence-corrected chi connectivity index (χ4v) is 2.71. The third-order valence-electron chi connectivity index (χ3n) is 3.55. The van der Waals surface area contributed by atoms with E-state index in [9.17, 15) is 9.59 Å². The summed E-state index contributed by atoms with van der Waals surface area (Å²) in [5, 5.41) is 0.532. The maximum atomic E-state index is 12.1. The van der Waals surface area contributed by atoms with Gasteiger partial charge < -0.3 is 20.6 Å². The number of primary amides is 1. The Morgan fingerprint density at radius 3 is 2.52 bits per heavy atom. The summed E-state index contributed by atoms with van der Waals surface area (Å²) in [6.45, 7) is 1.63. The molecule has 2 heterocycles. The number of hydrogen-bond acceptors (Lipinski definition) is 5. The summed E-state index contributed by atoms with van der Waals surface area (Å²) in [6.07, 6.45) is 0. The lowest BCUT2D eigenvalue weighted by molar-refractivity contribution is -0.115. The summed E-state index contributed by atoms with van der Waals surface area (Å²) in [4.78, 5) is 24.0. The number of ether oxygens (including phenoxy) is 1. The van der Waals surface area contributed by atoms with E-state index in [1.54, 1.807) is 31.2 Å². The van der Waals surface area contributed by atoms with E-state index in [1.807, 2.05) is 0 Å². The monoisotopic (exact) mass is 332 g/mol. The van der Waals surface area contributed by atoms with Crippen LogP contribution in [0.2, 0.25) is 5.02 Å². The van der Waals surface area contributed by atoms with E-state index < -0.39 is 11.8 Å². The molecule has 118 valence electrons. The Morgan fingerprint density at radius 1 is 1.26 bits per heavy atom. The van der Waals surface area contributed by atoms with Gasteiger partial charge in [0.25, 0.3) is 5.91 Å². The van der Waals surface area contributed by atoms with Crippen molar-refractivity contribution >= 4 is 17.5 Å². The molecule has 0 bridgehead atoms. The van der Waals surface area contributed by atoms with E-state index >= 15 is 0 Å². The van der Waals surface area contributed by atoms with Gasteiger partial charge in [0.2, 0.25) is 17.1 Å². The molecule has 1 aromatic carbocycles. The first-order chi connectivity index (χ1) is 10.9. The van der Waals surface area contributed by atoms with Crippen molar-refractivity contribution < 1.29 is 13.9 Å². The normalized spacial score (nSPS) is 16.7. The highest BCUT2D eigenvalue weighted by molar-refractivity contribution is 6.30. The zero-order valence-electron chi connectivity index (χ0n) is 12.1. The number of carbonyl (C=O) groups is 1. The maximum absolute atomic E-state index is 12.1. The van der Waals surface area contributed by atoms with Gasteiger partial charge in [0.1, 0.15) is 5.76 Å². The predicted octanol–water partition coefficient (Wildman–Crippen LogP) is 1.78. The van der Waals surface area contributed by atoms with E-state index in [2.05, 4.69) is 0 Å². The van der Waals surface area contributed by atoms with E-state index in [0.717, 1.165) is 0 Å². The highest BCUT2D eigenvalue weighted by Crippen LogP contribution is 2.41. The lowest BCUT2D eigenvalue weighted by Crippen LogP contribution is -2.32. The van der Waals surface area contributed by atoms with Gasteiger partial charge in [0.05, 0.1) is 11.5 Å². The lowest BCUT2D eigenvalue weighted by Gasteiger charge is -2.26. The summed E-state index contributed by atoms with van der Waals surface area (Å²) in [6, 6.07) is 8.03. The van der Waals surface area contributed by atoms with Crippen molar-refractivity contribution in [2.75, 3.05) is 0 Å². The van der Waals surface area contributed by atoms with Crippen LogP contribution < -0.4 is 21.6 Å². The van der Waals surface area contributed by atoms with E-state index in [-0.39, 0.29) is 28.4 Å². The lowest BCUT2D eigenvalue weighted by atomic mass is 9.86. The number of nitrogens with two attached hydrogens (primary N) is 2. The molecule has 0 saturated carbocycles. The number of hydrogen-bond donors (Lipinski definition) is 2. The molecule has 0 radical (unpaired) electrons. The largest absolute Gasteiger partial charge is 0.461 e. The molecule has 0 fully saturated rings. The van der Waals surface area contributed by atoms with Gasteiger partial charge in [-0.25, -0.2) is 0 Å². The molecule has 1 amide bonds. The van der Waals surface area contributed by atoms with Crippen molar-refractivity contribution in [1.82, 2.24) is 0 Å². The van der Waals surface area contributed by atoms with Gasteiger partial charge in [0.15, 0.2) is 5.76 Å². The van der Waals surface area contributed by atoms with Crippen molar-refractivity contribution in [3.05, 3.63) is 74.1 Å². The molecule has 0 aliphatic carbocycles. The van der Waals surface area contributed by atoms with Crippen LogP contribution in [-0.4, -0.2) is 5.91 Å². The minimum Gasteiger partial charge on any atom is -0.461 e. The molecule has 0 spiro atoms. The van der Waals surface area contributed by atoms with Crippen LogP contribution in [-0.2, 0) is 4.79 Å². The van der Waals surface area contributed by atoms with Crippen molar-refractivity contribution in [2.24, 2.45) is 11.5 Å². The van der Waals surface area contributed by atoms with Crippen molar-refractivity contribution in [1.29, 1.82) is 0 Å². The molecule has 2 aromatic rings. The summed E-state index contributed by atoms with van der Waals surface area (Å²) in [7, 11) is 0. The first-order valence-electron chi connectivity index (χ1n) is 6.76. The van der Waals surface area contributed by atoms with Crippen LogP contribution in [0.3, 0.4) is 0 Å². The van der Waals surface area contributed by atoms with Crippen molar-refractivity contribution in [2.45, 2.75) is 12.8 Å². The van der Waals surface area contributed by atoms with E-state index in [0.29, 0.717) is 16.3 Å². The highest BCUT2D eigenvalue weighted by atomic mass is 35.5. The second-order valence-electron chi connectivity index (χ2n) is 5.14. The molecule has 1 aliphatic rings. The van der Waals surface area contributed by atoms with Gasteiger partial charge >= 0.3 is 0 Å². The van der Waals surface area contributed by atoms with Crippen LogP contribution in [0.1, 0.15) is 23.0 Å². The van der Waals surface area contributed by atoms with Crippen LogP contribution in [0.25, 0.3) is 0 Å². The summed E-state index contributed by atoms with van der Waals surface area (Å²) in [5.41, 5.74) is 11.6. The molecule has 0 saturated heterocycles. The van der Waals surface area contributed by atoms with Crippen LogP contribution in [0.15, 0.2) is 51.0 Å². The molecular weight excluding hydrogens is 320 g/mol. The van der Waals surface area contributed by atoms with Crippen molar-refractivity contribution in [3.8, 4) is 5.75 Å². The second kappa shape index (κ2) is 5.48. The molecule has 1 aromatic heterocycles. The van der Waals surface area contributed by atoms with Crippen LogP contribution >= 0.6 is 11.6 Å². The first-order valence-corrected chi connectivity index (χ1v) is 7.13. The van der Waals surface area contributed by atoms with Gasteiger partial charge in [-0.15, -0.1) is 0 Å². The minimum absolute atomic E-state index is 0.0357. The van der Waals surface area contributed by atoms with E-state index in [4.69, 9.17) is 32.2 Å². The zero-order chi connectivity index (χ0) is 16.7. The standard InChI is InChI=1S/C16H13ClN2O4/c1-7-6-10(20)13-14(22-7)11(8-2-4-9(17)5-3-8)12(15(18)21)16(19)23-13/h2-6,11H,19H2,1H3,(H2,18,21). The molecule has 1 aliphatic heterocycles. The third-order valence-corrected chi connectivity index (χ3v) is 3.80. The third kappa shape index (κ3) is 2.57. The summed E-state index contributed by atoms with van der Waals surface area (Å²) in [5.74, 6) is -1.15. The molecule has 1 atom stereocenters. The van der Waals surface area contributed by atoms with Crippen LogP contribution in [0.5, 0.6) is 5.75 Å². The molecule has 6 nitrogen and oxygen atoms in total. The Hall–Kier alpha value is -2.73. The number of halogens is 1. The average molecular weight is 333 g/mol. The Morgan fingerprint density at radius 2 is 1.91 bits per heavy atom. The molecular formula is C16H13ClN2O4.